The summed E-state index contributed by atoms with van der Waals surface area (Å²) in [6, 6.07) is 16.0. The Bertz CT molecular complexity index is 1210. The average Bonchev–Trinajstić information content (AvgIpc) is 3.26. The Morgan fingerprint density at radius 1 is 1.00 bits per heavy atom. The summed E-state index contributed by atoms with van der Waals surface area (Å²) in [5.74, 6) is -0.181. The largest absolute Gasteiger partial charge is 0.380 e. The Kier molecular flexibility index (Phi) is 8.63. The molecule has 1 amide bonds. The fraction of sp³-hybridized carbons (Fsp3) is 0.567. The normalized spacial score (nSPS) is 24.1. The molecule has 10 heteroatoms. The fourth-order valence-electron chi connectivity index (χ4n) is 6.10. The van der Waals surface area contributed by atoms with E-state index in [1.807, 2.05) is 47.9 Å². The van der Waals surface area contributed by atoms with E-state index in [4.69, 9.17) is 17.3 Å². The second-order valence-corrected chi connectivity index (χ2v) is 15.2. The van der Waals surface area contributed by atoms with Gasteiger partial charge in [-0.25, -0.2) is 9.34 Å². The molecule has 0 aromatic heterocycles. The van der Waals surface area contributed by atoms with Gasteiger partial charge >= 0.3 is 0 Å². The van der Waals surface area contributed by atoms with Crippen LogP contribution in [0.4, 0.5) is 0 Å². The van der Waals surface area contributed by atoms with Crippen LogP contribution in [0.2, 0.25) is 0 Å². The smallest absolute Gasteiger partial charge is 0.241 e. The van der Waals surface area contributed by atoms with Gasteiger partial charge < -0.3 is 14.4 Å². The summed E-state index contributed by atoms with van der Waals surface area (Å²) >= 11 is 0. The highest BCUT2D eigenvalue weighted by molar-refractivity contribution is 7.58. The first kappa shape index (κ1) is 29.5. The minimum atomic E-state index is -2.98. The lowest BCUT2D eigenvalue weighted by Gasteiger charge is -2.44. The molecule has 2 aliphatic heterocycles. The van der Waals surface area contributed by atoms with E-state index in [1.165, 1.54) is 0 Å². The first-order chi connectivity index (χ1) is 19.0. The molecule has 2 aromatic carbocycles. The predicted octanol–water partition coefficient (Wildman–Crippen LogP) is 3.67. The third-order valence-electron chi connectivity index (χ3n) is 8.42. The topological polar surface area (TPSA) is 65.6 Å². The molecule has 0 saturated carbocycles. The molecule has 3 unspecified atom stereocenters. The van der Waals surface area contributed by atoms with Crippen LogP contribution in [0, 0.1) is 0 Å². The van der Waals surface area contributed by atoms with E-state index in [-0.39, 0.29) is 35.8 Å². The second kappa shape index (κ2) is 11.7. The Hall–Kier alpha value is -2.00. The van der Waals surface area contributed by atoms with Gasteiger partial charge in [-0.2, -0.15) is 0 Å². The molecule has 1 aliphatic carbocycles. The lowest BCUT2D eigenvalue weighted by molar-refractivity contribution is -0.133. The van der Waals surface area contributed by atoms with Crippen LogP contribution in [-0.2, 0) is 18.8 Å². The van der Waals surface area contributed by atoms with Crippen LogP contribution in [0.3, 0.4) is 0 Å². The maximum atomic E-state index is 14.2. The third kappa shape index (κ3) is 5.83. The van der Waals surface area contributed by atoms with E-state index < -0.39 is 7.44 Å². The van der Waals surface area contributed by atoms with Crippen molar-refractivity contribution in [1.29, 1.82) is 0 Å². The number of hydrogen-bond acceptors (Lipinski definition) is 5. The molecule has 40 heavy (non-hydrogen) atoms. The van der Waals surface area contributed by atoms with Gasteiger partial charge in [0.05, 0.1) is 18.6 Å². The number of carbonyl (C=O) groups is 1. The zero-order chi connectivity index (χ0) is 28.7. The molecule has 5 rings (SSSR count). The first-order valence-electron chi connectivity index (χ1n) is 14.2. The van der Waals surface area contributed by atoms with Gasteiger partial charge in [-0.05, 0) is 57.1 Å². The number of rotatable bonds is 7. The SMILES string of the molecule is [B]C1CN(C(C)(C)C)CC(COCP(=O)(N(C)C)N2CCN(C(=O)C3c4ccccc4-c4ccccc43)CC2)O1. The van der Waals surface area contributed by atoms with Gasteiger partial charge in [-0.15, -0.1) is 0 Å². The van der Waals surface area contributed by atoms with Crippen molar-refractivity contribution in [3.63, 3.8) is 0 Å². The number of ether oxygens (including phenoxy) is 2. The first-order valence-corrected chi connectivity index (χ1v) is 16.0. The highest BCUT2D eigenvalue weighted by atomic mass is 31.2. The Labute approximate surface area is 240 Å². The van der Waals surface area contributed by atoms with Gasteiger partial charge in [-0.1, -0.05) is 48.5 Å². The summed E-state index contributed by atoms with van der Waals surface area (Å²) in [7, 11) is 6.84. The molecule has 2 saturated heterocycles. The maximum Gasteiger partial charge on any atom is 0.241 e. The van der Waals surface area contributed by atoms with Gasteiger partial charge in [0.1, 0.15) is 14.2 Å². The van der Waals surface area contributed by atoms with Crippen molar-refractivity contribution < 1.29 is 18.8 Å². The van der Waals surface area contributed by atoms with Crippen molar-refractivity contribution >= 4 is 21.2 Å². The van der Waals surface area contributed by atoms with Crippen molar-refractivity contribution in [2.45, 2.75) is 44.3 Å². The van der Waals surface area contributed by atoms with Crippen LogP contribution in [0.1, 0.15) is 37.8 Å². The summed E-state index contributed by atoms with van der Waals surface area (Å²) < 4.78 is 30.0. The molecule has 3 aliphatic rings. The van der Waals surface area contributed by atoms with Crippen LogP contribution >= 0.6 is 7.44 Å². The monoisotopic (exact) mass is 564 g/mol. The zero-order valence-electron chi connectivity index (χ0n) is 24.5. The third-order valence-corrected chi connectivity index (χ3v) is 11.5. The number of nitrogens with zero attached hydrogens (tertiary/aromatic N) is 4. The minimum absolute atomic E-state index is 0.0155. The molecular weight excluding hydrogens is 522 g/mol. The van der Waals surface area contributed by atoms with Gasteiger partial charge in [0, 0.05) is 50.8 Å². The molecule has 0 N–H and O–H groups in total. The summed E-state index contributed by atoms with van der Waals surface area (Å²) in [5.41, 5.74) is 4.39. The molecule has 2 heterocycles. The molecular formula is C30H42BN4O4P. The van der Waals surface area contributed by atoms with Crippen LogP contribution in [0.15, 0.2) is 48.5 Å². The standard InChI is InChI=1S/C30H42BN4O4P/c1-30(2,3)34-18-22(39-27(31)19-34)20-38-21-40(37,32(4)5)35-16-14-33(15-17-35)29(36)28-25-12-8-6-10-23(25)24-11-7-9-13-26(24)28/h6-13,22,27-28H,14-21H2,1-5H3. The number of benzene rings is 2. The quantitative estimate of drug-likeness (QED) is 0.376. The predicted molar refractivity (Wildman–Crippen MR) is 160 cm³/mol. The van der Waals surface area contributed by atoms with Crippen LogP contribution in [0.25, 0.3) is 11.1 Å². The van der Waals surface area contributed by atoms with E-state index in [9.17, 15) is 9.36 Å². The number of carbonyl (C=O) groups excluding carboxylic acids is 1. The molecule has 2 radical (unpaired) electrons. The molecule has 3 atom stereocenters. The van der Waals surface area contributed by atoms with Gasteiger partial charge in [0.15, 0.2) is 0 Å². The van der Waals surface area contributed by atoms with Gasteiger partial charge in [0.25, 0.3) is 0 Å². The molecule has 2 aromatic rings. The van der Waals surface area contributed by atoms with Crippen LogP contribution in [0.5, 0.6) is 0 Å². The molecule has 8 nitrogen and oxygen atoms in total. The van der Waals surface area contributed by atoms with Gasteiger partial charge in [0.2, 0.25) is 13.4 Å². The van der Waals surface area contributed by atoms with Crippen molar-refractivity contribution in [2.24, 2.45) is 0 Å². The average molecular weight is 564 g/mol. The number of amides is 1. The summed E-state index contributed by atoms with van der Waals surface area (Å²) in [4.78, 5) is 18.1. The van der Waals surface area contributed by atoms with Crippen LogP contribution in [-0.4, -0.2) is 117 Å². The highest BCUT2D eigenvalue weighted by Crippen LogP contribution is 2.52. The molecule has 0 spiro atoms. The lowest BCUT2D eigenvalue weighted by atomic mass is 9.94. The fourth-order valence-corrected chi connectivity index (χ4v) is 8.14. The molecule has 2 fully saturated rings. The summed E-state index contributed by atoms with van der Waals surface area (Å²) in [6.07, 6.45) is -0.0766. The minimum Gasteiger partial charge on any atom is -0.380 e. The second-order valence-electron chi connectivity index (χ2n) is 12.3. The highest BCUT2D eigenvalue weighted by Gasteiger charge is 2.41. The van der Waals surface area contributed by atoms with Crippen LogP contribution < -0.4 is 0 Å². The lowest BCUT2D eigenvalue weighted by Crippen LogP contribution is -2.56. The Balaban J connectivity index is 1.20. The van der Waals surface area contributed by atoms with E-state index in [0.717, 1.165) is 28.8 Å². The number of hydrogen-bond donors (Lipinski definition) is 0. The van der Waals surface area contributed by atoms with Crippen molar-refractivity contribution in [3.8, 4) is 11.1 Å². The molecule has 0 bridgehead atoms. The Morgan fingerprint density at radius 2 is 1.57 bits per heavy atom. The number of fused-ring (bicyclic) bond motifs is 3. The Morgan fingerprint density at radius 3 is 2.12 bits per heavy atom. The summed E-state index contributed by atoms with van der Waals surface area (Å²) in [5, 5.41) is 0. The van der Waals surface area contributed by atoms with E-state index >= 15 is 0 Å². The summed E-state index contributed by atoms with van der Waals surface area (Å²) in [6.45, 7) is 10.3. The zero-order valence-corrected chi connectivity index (χ0v) is 25.3. The van der Waals surface area contributed by atoms with Crippen molar-refractivity contribution in [3.05, 3.63) is 59.7 Å². The van der Waals surface area contributed by atoms with E-state index in [0.29, 0.717) is 39.3 Å². The number of morpholine rings is 1. The van der Waals surface area contributed by atoms with E-state index in [1.54, 1.807) is 4.67 Å². The molecule has 214 valence electrons. The van der Waals surface area contributed by atoms with Crippen molar-refractivity contribution in [1.82, 2.24) is 19.1 Å². The van der Waals surface area contributed by atoms with Gasteiger partial charge in [-0.3, -0.25) is 14.3 Å². The maximum absolute atomic E-state index is 14.2. The van der Waals surface area contributed by atoms with Crippen molar-refractivity contribution in [2.75, 3.05) is 66.3 Å². The van der Waals surface area contributed by atoms with E-state index in [2.05, 4.69) is 49.9 Å². The number of piperazine rings is 1.